The Kier molecular flexibility index (Phi) is 4.29. The Morgan fingerprint density at radius 2 is 2.00 bits per heavy atom. The van der Waals surface area contributed by atoms with Crippen molar-refractivity contribution < 1.29 is 4.79 Å². The largest absolute Gasteiger partial charge is 0.337 e. The van der Waals surface area contributed by atoms with Gasteiger partial charge < -0.3 is 9.80 Å². The molecule has 0 radical (unpaired) electrons. The van der Waals surface area contributed by atoms with Crippen LogP contribution in [0.5, 0.6) is 0 Å². The molecular formula is C19H25N5O. The summed E-state index contributed by atoms with van der Waals surface area (Å²) < 4.78 is 0. The first-order chi connectivity index (χ1) is 12.1. The van der Waals surface area contributed by atoms with E-state index in [2.05, 4.69) is 27.1 Å². The van der Waals surface area contributed by atoms with Crippen molar-refractivity contribution in [2.24, 2.45) is 0 Å². The summed E-state index contributed by atoms with van der Waals surface area (Å²) in [7, 11) is 4.03. The van der Waals surface area contributed by atoms with Gasteiger partial charge in [0.2, 0.25) is 0 Å². The Labute approximate surface area is 148 Å². The van der Waals surface area contributed by atoms with Gasteiger partial charge in [-0.25, -0.2) is 4.98 Å². The number of nitrogens with one attached hydrogen (secondary N) is 1. The molecule has 1 N–H and O–H groups in total. The number of hydrogen-bond donors (Lipinski definition) is 1. The molecule has 2 aromatic rings. The molecule has 0 spiro atoms. The number of aromatic amines is 1. The predicted octanol–water partition coefficient (Wildman–Crippen LogP) is 2.52. The summed E-state index contributed by atoms with van der Waals surface area (Å²) in [6.07, 6.45) is 4.62. The highest BCUT2D eigenvalue weighted by molar-refractivity contribution is 5.94. The molecule has 1 saturated carbocycles. The topological polar surface area (TPSA) is 65.1 Å². The molecule has 0 bridgehead atoms. The molecule has 2 aliphatic rings. The molecular weight excluding hydrogens is 314 g/mol. The summed E-state index contributed by atoms with van der Waals surface area (Å²) in [5.74, 6) is 2.34. The molecule has 6 nitrogen and oxygen atoms in total. The van der Waals surface area contributed by atoms with Crippen molar-refractivity contribution in [2.45, 2.75) is 37.6 Å². The number of carbonyl (C=O) groups excluding carboxylic acids is 1. The van der Waals surface area contributed by atoms with Crippen LogP contribution in [0.4, 0.5) is 0 Å². The predicted molar refractivity (Wildman–Crippen MR) is 96.4 cm³/mol. The zero-order chi connectivity index (χ0) is 17.4. The minimum Gasteiger partial charge on any atom is -0.337 e. The van der Waals surface area contributed by atoms with Gasteiger partial charge in [-0.3, -0.25) is 9.89 Å². The molecule has 0 unspecified atom stereocenters. The lowest BCUT2D eigenvalue weighted by Crippen LogP contribution is -2.47. The number of likely N-dealkylation sites (N-methyl/N-ethyl adjacent to an activating group) is 2. The summed E-state index contributed by atoms with van der Waals surface area (Å²) >= 11 is 0. The number of benzene rings is 1. The highest BCUT2D eigenvalue weighted by Gasteiger charge is 2.27. The maximum Gasteiger partial charge on any atom is 0.253 e. The van der Waals surface area contributed by atoms with Crippen LogP contribution < -0.4 is 0 Å². The normalized spacial score (nSPS) is 21.3. The number of piperidine rings is 1. The first-order valence-corrected chi connectivity index (χ1v) is 9.10. The smallest absolute Gasteiger partial charge is 0.253 e. The lowest BCUT2D eigenvalue weighted by Gasteiger charge is -2.35. The minimum absolute atomic E-state index is 0.0838. The van der Waals surface area contributed by atoms with E-state index in [-0.39, 0.29) is 5.91 Å². The van der Waals surface area contributed by atoms with Crippen LogP contribution in [0, 0.1) is 0 Å². The van der Waals surface area contributed by atoms with E-state index in [1.165, 1.54) is 12.8 Å². The Bertz CT molecular complexity index is 749. The third-order valence-electron chi connectivity index (χ3n) is 5.32. The lowest BCUT2D eigenvalue weighted by atomic mass is 10.0. The molecule has 1 aromatic carbocycles. The fraction of sp³-hybridized carbons (Fsp3) is 0.526. The third kappa shape index (κ3) is 3.44. The van der Waals surface area contributed by atoms with Crippen LogP contribution >= 0.6 is 0 Å². The molecule has 132 valence electrons. The zero-order valence-corrected chi connectivity index (χ0v) is 14.9. The monoisotopic (exact) mass is 339 g/mol. The van der Waals surface area contributed by atoms with E-state index in [4.69, 9.17) is 0 Å². The summed E-state index contributed by atoms with van der Waals surface area (Å²) in [5.41, 5.74) is 1.66. The molecule has 2 fully saturated rings. The molecule has 1 amide bonds. The van der Waals surface area contributed by atoms with Crippen molar-refractivity contribution in [2.75, 3.05) is 27.2 Å². The van der Waals surface area contributed by atoms with Crippen LogP contribution in [0.3, 0.4) is 0 Å². The first kappa shape index (κ1) is 16.3. The van der Waals surface area contributed by atoms with Crippen LogP contribution in [0.15, 0.2) is 24.3 Å². The van der Waals surface area contributed by atoms with Gasteiger partial charge >= 0.3 is 0 Å². The highest BCUT2D eigenvalue weighted by Crippen LogP contribution is 2.38. The summed E-state index contributed by atoms with van der Waals surface area (Å²) in [6, 6.07) is 7.93. The number of carbonyl (C=O) groups is 1. The third-order valence-corrected chi connectivity index (χ3v) is 5.32. The van der Waals surface area contributed by atoms with Gasteiger partial charge in [0, 0.05) is 36.7 Å². The number of amides is 1. The fourth-order valence-corrected chi connectivity index (χ4v) is 3.53. The van der Waals surface area contributed by atoms with Crippen molar-refractivity contribution in [3.05, 3.63) is 35.7 Å². The van der Waals surface area contributed by atoms with Gasteiger partial charge in [0.25, 0.3) is 5.91 Å². The van der Waals surface area contributed by atoms with E-state index in [0.717, 1.165) is 42.9 Å². The zero-order valence-electron chi connectivity index (χ0n) is 14.9. The SMILES string of the molecule is CN1CCC[C@H](N(C)C(=O)c2ccc(-c3n[nH]c(C4CC4)n3)cc2)C1. The maximum atomic E-state index is 12.8. The van der Waals surface area contributed by atoms with Gasteiger partial charge in [0.15, 0.2) is 5.82 Å². The lowest BCUT2D eigenvalue weighted by molar-refractivity contribution is 0.0644. The second-order valence-electron chi connectivity index (χ2n) is 7.37. The first-order valence-electron chi connectivity index (χ1n) is 9.10. The molecule has 2 heterocycles. The number of aromatic nitrogens is 3. The van der Waals surface area contributed by atoms with Gasteiger partial charge in [-0.05, 0) is 51.4 Å². The number of rotatable bonds is 4. The summed E-state index contributed by atoms with van der Waals surface area (Å²) in [6.45, 7) is 2.06. The Hall–Kier alpha value is -2.21. The second kappa shape index (κ2) is 6.59. The summed E-state index contributed by atoms with van der Waals surface area (Å²) in [4.78, 5) is 21.5. The van der Waals surface area contributed by atoms with Crippen LogP contribution in [0.1, 0.15) is 47.8 Å². The van der Waals surface area contributed by atoms with Gasteiger partial charge in [-0.2, -0.15) is 5.10 Å². The summed E-state index contributed by atoms with van der Waals surface area (Å²) in [5, 5.41) is 7.33. The fourth-order valence-electron chi connectivity index (χ4n) is 3.53. The second-order valence-corrected chi connectivity index (χ2v) is 7.37. The van der Waals surface area contributed by atoms with Gasteiger partial charge in [-0.1, -0.05) is 12.1 Å². The van der Waals surface area contributed by atoms with Gasteiger partial charge in [0.1, 0.15) is 5.82 Å². The maximum absolute atomic E-state index is 12.8. The van der Waals surface area contributed by atoms with E-state index in [9.17, 15) is 4.79 Å². The van der Waals surface area contributed by atoms with E-state index in [1.807, 2.05) is 36.2 Å². The van der Waals surface area contributed by atoms with Crippen LogP contribution in [-0.2, 0) is 0 Å². The van der Waals surface area contributed by atoms with E-state index < -0.39 is 0 Å². The van der Waals surface area contributed by atoms with E-state index >= 15 is 0 Å². The number of H-pyrrole nitrogens is 1. The van der Waals surface area contributed by atoms with Crippen molar-refractivity contribution in [1.82, 2.24) is 25.0 Å². The Morgan fingerprint density at radius 3 is 2.68 bits per heavy atom. The quantitative estimate of drug-likeness (QED) is 0.929. The van der Waals surface area contributed by atoms with Crippen LogP contribution in [0.25, 0.3) is 11.4 Å². The molecule has 25 heavy (non-hydrogen) atoms. The standard InChI is InChI=1S/C19H25N5O/c1-23-11-3-4-16(12-23)24(2)19(25)15-9-7-14(8-10-15)18-20-17(21-22-18)13-5-6-13/h7-10,13,16H,3-6,11-12H2,1-2H3,(H,20,21,22)/t16-/m0/s1. The Morgan fingerprint density at radius 1 is 1.24 bits per heavy atom. The molecule has 4 rings (SSSR count). The van der Waals surface area contributed by atoms with E-state index in [0.29, 0.717) is 17.8 Å². The number of hydrogen-bond acceptors (Lipinski definition) is 4. The van der Waals surface area contributed by atoms with Crippen molar-refractivity contribution in [3.63, 3.8) is 0 Å². The number of nitrogens with zero attached hydrogens (tertiary/aromatic N) is 4. The molecule has 1 atom stereocenters. The number of likely N-dealkylation sites (tertiary alicyclic amines) is 1. The molecule has 1 aliphatic heterocycles. The molecule has 1 saturated heterocycles. The van der Waals surface area contributed by atoms with Crippen LogP contribution in [0.2, 0.25) is 0 Å². The highest BCUT2D eigenvalue weighted by atomic mass is 16.2. The van der Waals surface area contributed by atoms with Crippen LogP contribution in [-0.4, -0.2) is 64.1 Å². The molecule has 1 aliphatic carbocycles. The minimum atomic E-state index is 0.0838. The average Bonchev–Trinajstić information content (AvgIpc) is 3.37. The van der Waals surface area contributed by atoms with Crippen molar-refractivity contribution >= 4 is 5.91 Å². The molecule has 1 aromatic heterocycles. The van der Waals surface area contributed by atoms with Gasteiger partial charge in [-0.15, -0.1) is 0 Å². The van der Waals surface area contributed by atoms with Crippen molar-refractivity contribution in [1.29, 1.82) is 0 Å². The molecule has 6 heteroatoms. The average molecular weight is 339 g/mol. The van der Waals surface area contributed by atoms with E-state index in [1.54, 1.807) is 0 Å². The van der Waals surface area contributed by atoms with Crippen molar-refractivity contribution in [3.8, 4) is 11.4 Å². The van der Waals surface area contributed by atoms with Gasteiger partial charge in [0.05, 0.1) is 0 Å². The Balaban J connectivity index is 1.46.